The Labute approximate surface area is 115 Å². The third-order valence-corrected chi connectivity index (χ3v) is 4.02. The second-order valence-corrected chi connectivity index (χ2v) is 6.10. The largest absolute Gasteiger partial charge is 0.481 e. The summed E-state index contributed by atoms with van der Waals surface area (Å²) in [6, 6.07) is 0. The van der Waals surface area contributed by atoms with Crippen LogP contribution in [-0.4, -0.2) is 23.1 Å². The standard InChI is InChI=1S/C15H26O4/c1-10(2)12-8-7-11(3)9-13(12)19-15(18)6-4-5-14(16)17/h10-13H,4-9H2,1-3H3,(H,16,17)/t11-,12?,13?/m1/s1. The first-order valence-corrected chi connectivity index (χ1v) is 7.31. The number of carboxylic acid groups (broad SMARTS) is 1. The zero-order valence-corrected chi connectivity index (χ0v) is 12.2. The Morgan fingerprint density at radius 3 is 2.53 bits per heavy atom. The van der Waals surface area contributed by atoms with Gasteiger partial charge in [-0.25, -0.2) is 0 Å². The topological polar surface area (TPSA) is 63.6 Å². The Kier molecular flexibility index (Phi) is 6.32. The zero-order chi connectivity index (χ0) is 14.4. The van der Waals surface area contributed by atoms with Crippen LogP contribution in [0.5, 0.6) is 0 Å². The van der Waals surface area contributed by atoms with Crippen molar-refractivity contribution in [1.82, 2.24) is 0 Å². The van der Waals surface area contributed by atoms with Crippen molar-refractivity contribution in [3.63, 3.8) is 0 Å². The summed E-state index contributed by atoms with van der Waals surface area (Å²) in [7, 11) is 0. The number of carboxylic acids is 1. The molecule has 0 radical (unpaired) electrons. The van der Waals surface area contributed by atoms with E-state index in [-0.39, 0.29) is 24.9 Å². The van der Waals surface area contributed by atoms with Gasteiger partial charge in [0.15, 0.2) is 0 Å². The first-order chi connectivity index (χ1) is 8.90. The number of hydrogen-bond acceptors (Lipinski definition) is 3. The molecule has 0 aromatic heterocycles. The van der Waals surface area contributed by atoms with Gasteiger partial charge in [-0.3, -0.25) is 9.59 Å². The molecular weight excluding hydrogens is 244 g/mol. The predicted molar refractivity (Wildman–Crippen MR) is 72.7 cm³/mol. The third kappa shape index (κ3) is 5.62. The molecule has 1 saturated carbocycles. The molecule has 1 rings (SSSR count). The molecule has 1 aliphatic carbocycles. The summed E-state index contributed by atoms with van der Waals surface area (Å²) in [6.45, 7) is 6.54. The van der Waals surface area contributed by atoms with E-state index in [1.165, 1.54) is 6.42 Å². The minimum Gasteiger partial charge on any atom is -0.481 e. The van der Waals surface area contributed by atoms with Crippen LogP contribution in [0.15, 0.2) is 0 Å². The molecule has 110 valence electrons. The Morgan fingerprint density at radius 2 is 1.95 bits per heavy atom. The molecule has 4 nitrogen and oxygen atoms in total. The highest BCUT2D eigenvalue weighted by Gasteiger charge is 2.33. The number of hydrogen-bond donors (Lipinski definition) is 1. The van der Waals surface area contributed by atoms with Crippen LogP contribution in [0.4, 0.5) is 0 Å². The molecule has 3 atom stereocenters. The van der Waals surface area contributed by atoms with Crippen LogP contribution >= 0.6 is 0 Å². The van der Waals surface area contributed by atoms with Gasteiger partial charge in [0.25, 0.3) is 0 Å². The van der Waals surface area contributed by atoms with E-state index in [0.717, 1.165) is 12.8 Å². The second-order valence-electron chi connectivity index (χ2n) is 6.10. The van der Waals surface area contributed by atoms with Gasteiger partial charge >= 0.3 is 11.9 Å². The predicted octanol–water partition coefficient (Wildman–Crippen LogP) is 3.25. The van der Waals surface area contributed by atoms with Crippen molar-refractivity contribution in [2.24, 2.45) is 17.8 Å². The summed E-state index contributed by atoms with van der Waals surface area (Å²) in [4.78, 5) is 22.2. The van der Waals surface area contributed by atoms with Gasteiger partial charge in [0.1, 0.15) is 6.10 Å². The average Bonchev–Trinajstić information content (AvgIpc) is 2.27. The first kappa shape index (κ1) is 16.0. The summed E-state index contributed by atoms with van der Waals surface area (Å²) in [5.74, 6) is 0.459. The van der Waals surface area contributed by atoms with Crippen LogP contribution in [0, 0.1) is 17.8 Å². The van der Waals surface area contributed by atoms with E-state index >= 15 is 0 Å². The van der Waals surface area contributed by atoms with Crippen molar-refractivity contribution >= 4 is 11.9 Å². The van der Waals surface area contributed by atoms with Crippen LogP contribution in [-0.2, 0) is 14.3 Å². The lowest BCUT2D eigenvalue weighted by molar-refractivity contribution is -0.156. The normalized spacial score (nSPS) is 27.3. The van der Waals surface area contributed by atoms with Crippen molar-refractivity contribution in [2.45, 2.75) is 65.4 Å². The molecule has 2 unspecified atom stereocenters. The molecule has 0 aromatic rings. The van der Waals surface area contributed by atoms with Crippen LogP contribution in [0.3, 0.4) is 0 Å². The molecule has 0 aromatic carbocycles. The lowest BCUT2D eigenvalue weighted by Gasteiger charge is -2.36. The number of esters is 1. The number of ether oxygens (including phenoxy) is 1. The maximum Gasteiger partial charge on any atom is 0.306 e. The molecule has 1 fully saturated rings. The fraction of sp³-hybridized carbons (Fsp3) is 0.867. The number of carbonyl (C=O) groups excluding carboxylic acids is 1. The Morgan fingerprint density at radius 1 is 1.26 bits per heavy atom. The van der Waals surface area contributed by atoms with Crippen LogP contribution in [0.2, 0.25) is 0 Å². The number of carbonyl (C=O) groups is 2. The van der Waals surface area contributed by atoms with Crippen molar-refractivity contribution in [3.8, 4) is 0 Å². The fourth-order valence-electron chi connectivity index (χ4n) is 2.86. The van der Waals surface area contributed by atoms with E-state index in [0.29, 0.717) is 24.2 Å². The van der Waals surface area contributed by atoms with E-state index in [4.69, 9.17) is 9.84 Å². The van der Waals surface area contributed by atoms with E-state index in [1.807, 2.05) is 0 Å². The van der Waals surface area contributed by atoms with Gasteiger partial charge in [0.05, 0.1) is 0 Å². The molecule has 0 saturated heterocycles. The summed E-state index contributed by atoms with van der Waals surface area (Å²) >= 11 is 0. The average molecular weight is 270 g/mol. The molecular formula is C15H26O4. The molecule has 1 N–H and O–H groups in total. The van der Waals surface area contributed by atoms with Crippen molar-refractivity contribution in [1.29, 1.82) is 0 Å². The molecule has 0 aliphatic heterocycles. The molecule has 4 heteroatoms. The number of rotatable bonds is 6. The minimum absolute atomic E-state index is 0.0149. The molecule has 19 heavy (non-hydrogen) atoms. The summed E-state index contributed by atoms with van der Waals surface area (Å²) < 4.78 is 5.59. The third-order valence-electron chi connectivity index (χ3n) is 4.02. The van der Waals surface area contributed by atoms with Gasteiger partial charge in [-0.15, -0.1) is 0 Å². The SMILES string of the molecule is CC(C)C1CC[C@@H](C)CC1OC(=O)CCCC(=O)O. The highest BCUT2D eigenvalue weighted by molar-refractivity contribution is 5.71. The monoisotopic (exact) mass is 270 g/mol. The first-order valence-electron chi connectivity index (χ1n) is 7.31. The Balaban J connectivity index is 2.42. The van der Waals surface area contributed by atoms with Gasteiger partial charge in [-0.2, -0.15) is 0 Å². The van der Waals surface area contributed by atoms with Gasteiger partial charge in [0.2, 0.25) is 0 Å². The quantitative estimate of drug-likeness (QED) is 0.752. The number of aliphatic carboxylic acids is 1. The van der Waals surface area contributed by atoms with Crippen molar-refractivity contribution < 1.29 is 19.4 Å². The Hall–Kier alpha value is -1.06. The van der Waals surface area contributed by atoms with Crippen LogP contribution in [0.1, 0.15) is 59.3 Å². The fourth-order valence-corrected chi connectivity index (χ4v) is 2.86. The van der Waals surface area contributed by atoms with Gasteiger partial charge < -0.3 is 9.84 Å². The summed E-state index contributed by atoms with van der Waals surface area (Å²) in [6.07, 6.45) is 3.88. The Bertz CT molecular complexity index is 311. The molecule has 0 spiro atoms. The highest BCUT2D eigenvalue weighted by atomic mass is 16.5. The van der Waals surface area contributed by atoms with Gasteiger partial charge in [-0.05, 0) is 37.0 Å². The molecule has 0 heterocycles. The molecule has 1 aliphatic rings. The van der Waals surface area contributed by atoms with E-state index in [1.54, 1.807) is 0 Å². The maximum absolute atomic E-state index is 11.8. The van der Waals surface area contributed by atoms with Crippen LogP contribution < -0.4 is 0 Å². The van der Waals surface area contributed by atoms with E-state index in [2.05, 4.69) is 20.8 Å². The van der Waals surface area contributed by atoms with Crippen molar-refractivity contribution in [2.75, 3.05) is 0 Å². The van der Waals surface area contributed by atoms with Gasteiger partial charge in [0, 0.05) is 12.8 Å². The highest BCUT2D eigenvalue weighted by Crippen LogP contribution is 2.35. The van der Waals surface area contributed by atoms with Gasteiger partial charge in [-0.1, -0.05) is 27.2 Å². The molecule has 0 amide bonds. The van der Waals surface area contributed by atoms with Crippen LogP contribution in [0.25, 0.3) is 0 Å². The smallest absolute Gasteiger partial charge is 0.306 e. The second kappa shape index (κ2) is 7.51. The lowest BCUT2D eigenvalue weighted by Crippen LogP contribution is -2.35. The van der Waals surface area contributed by atoms with E-state index in [9.17, 15) is 9.59 Å². The summed E-state index contributed by atoms with van der Waals surface area (Å²) in [5, 5.41) is 8.55. The molecule has 0 bridgehead atoms. The zero-order valence-electron chi connectivity index (χ0n) is 12.2. The van der Waals surface area contributed by atoms with Crippen molar-refractivity contribution in [3.05, 3.63) is 0 Å². The van der Waals surface area contributed by atoms with E-state index < -0.39 is 5.97 Å². The lowest BCUT2D eigenvalue weighted by atomic mass is 9.75. The minimum atomic E-state index is -0.862. The maximum atomic E-state index is 11.8. The summed E-state index contributed by atoms with van der Waals surface area (Å²) in [5.41, 5.74) is 0.